The standard InChI is InChI=1S/2C21H25.2C16H16.2C5H5.2ClH.2Zr/c2*1-20(2,3)16-7-9-18-14(12-16)11-15-13-17(21(4,5)6)8-10-19(15)18;2*1-3-9-15(10-4-1)13-7-8-14-16-11-5-2-6-12-16;2*1-2-4-5-3-1;;;;/h2*7-10,12H,11H2,1-6H3;2*1-6,9-12H,7,13-14H2;2*1-3H,4H2;2*1H;;/q2*-1;;;2*-1;;;2*+2/p-2. The molecule has 88 heavy (non-hydrogen) atoms. The fraction of sp³-hybridized carbons (Fsp3) is 0.310. The van der Waals surface area contributed by atoms with Crippen LogP contribution in [-0.4, -0.2) is 6.41 Å². The Morgan fingerprint density at radius 3 is 0.966 bits per heavy atom. The molecule has 0 nitrogen and oxygen atoms in total. The van der Waals surface area contributed by atoms with Gasteiger partial charge in [0.05, 0.1) is 0 Å². The molecule has 0 N–H and O–H groups in total. The molecule has 0 atom stereocenters. The number of rotatable bonds is 10. The van der Waals surface area contributed by atoms with Crippen molar-refractivity contribution in [1.29, 1.82) is 0 Å². The van der Waals surface area contributed by atoms with Crippen LogP contribution in [0.3, 0.4) is 0 Å². The Morgan fingerprint density at radius 1 is 0.375 bits per heavy atom. The van der Waals surface area contributed by atoms with Gasteiger partial charge in [0.1, 0.15) is 0 Å². The summed E-state index contributed by atoms with van der Waals surface area (Å²) < 4.78 is 3.29. The van der Waals surface area contributed by atoms with Crippen molar-refractivity contribution < 1.29 is 73.3 Å². The van der Waals surface area contributed by atoms with Gasteiger partial charge in [-0.15, -0.1) is 35.1 Å². The molecule has 4 aliphatic rings. The minimum atomic E-state index is 0. The van der Waals surface area contributed by atoms with Crippen LogP contribution in [0.4, 0.5) is 0 Å². The zero-order valence-corrected chi connectivity index (χ0v) is 61.0. The van der Waals surface area contributed by atoms with Gasteiger partial charge in [0.15, 0.2) is 0 Å². The average Bonchev–Trinajstić information content (AvgIpc) is 1.96. The van der Waals surface area contributed by atoms with Crippen LogP contribution in [0.15, 0.2) is 218 Å². The number of fused-ring (bicyclic) bond motifs is 6. The summed E-state index contributed by atoms with van der Waals surface area (Å²) in [5.74, 6) is 0. The monoisotopic (exact) mass is 1350 g/mol. The van der Waals surface area contributed by atoms with Gasteiger partial charge in [-0.25, -0.2) is 24.3 Å². The number of hydrogen-bond acceptors (Lipinski definition) is 0. The summed E-state index contributed by atoms with van der Waals surface area (Å²) in [6, 6.07) is 73.3. The van der Waals surface area contributed by atoms with Gasteiger partial charge >= 0.3 is 237 Å². The molecule has 0 heterocycles. The Morgan fingerprint density at radius 2 is 0.693 bits per heavy atom. The van der Waals surface area contributed by atoms with E-state index >= 15 is 0 Å². The summed E-state index contributed by atoms with van der Waals surface area (Å²) >= 11 is 3.15. The Hall–Kier alpha value is -5.19. The summed E-state index contributed by atoms with van der Waals surface area (Å²) in [6.07, 6.45) is 29.1. The summed E-state index contributed by atoms with van der Waals surface area (Å²) in [4.78, 5) is 0. The van der Waals surface area contributed by atoms with E-state index in [1.54, 1.807) is 54.9 Å². The van der Waals surface area contributed by atoms with E-state index in [1.165, 1.54) is 115 Å². The molecule has 0 saturated heterocycles. The summed E-state index contributed by atoms with van der Waals surface area (Å²) in [7, 11) is 0. The first-order valence-electron chi connectivity index (χ1n) is 31.1. The van der Waals surface area contributed by atoms with Crippen LogP contribution in [0.1, 0.15) is 176 Å². The van der Waals surface area contributed by atoms with E-state index in [1.807, 2.05) is 24.3 Å². The quantitative estimate of drug-likeness (QED) is 0.120. The van der Waals surface area contributed by atoms with Crippen LogP contribution in [0, 0.1) is 24.3 Å². The summed E-state index contributed by atoms with van der Waals surface area (Å²) in [5.41, 5.74) is 23.2. The molecular formula is C84H92Cl2Zr2-2. The van der Waals surface area contributed by atoms with Crippen molar-refractivity contribution in [2.45, 2.75) is 169 Å². The van der Waals surface area contributed by atoms with Crippen molar-refractivity contribution in [3.8, 4) is 22.3 Å². The van der Waals surface area contributed by atoms with E-state index in [-0.39, 0.29) is 46.5 Å². The maximum absolute atomic E-state index is 3.67. The van der Waals surface area contributed by atoms with Crippen molar-refractivity contribution in [2.24, 2.45) is 0 Å². The molecule has 8 aromatic rings. The van der Waals surface area contributed by atoms with Gasteiger partial charge in [-0.3, -0.25) is 12.2 Å². The predicted molar refractivity (Wildman–Crippen MR) is 365 cm³/mol. The zero-order chi connectivity index (χ0) is 61.7. The first-order valence-corrected chi connectivity index (χ1v) is 33.6. The Balaban J connectivity index is 0.000000201. The molecule has 4 aliphatic carbocycles. The van der Waals surface area contributed by atoms with Gasteiger partial charge < -0.3 is 24.8 Å². The van der Waals surface area contributed by atoms with E-state index in [9.17, 15) is 0 Å². The number of benzene rings is 8. The minimum absolute atomic E-state index is 0. The molecule has 0 spiro atoms. The Kier molecular flexibility index (Phi) is 29.6. The SMILES string of the molecule is CC(C)(C)c1[c-]c2c(cc1)-c1ccc(C(C)(C)C)cc1C2.CC(C)(C)c1[c-]c2c(cc1)-c1ccc(C(C)(C)C)cc1C2.[C-]1=CC=CC1.[C-]1=CC=CC1.[Cl-].[Cl-].[Zr+2]=[C](CCc1ccccc1)Cc1ccccc1.[Zr+2]=[C](CCc1ccccc1)Cc1ccccc1. The van der Waals surface area contributed by atoms with Crippen LogP contribution in [0.2, 0.25) is 0 Å². The van der Waals surface area contributed by atoms with Gasteiger partial charge in [0.2, 0.25) is 0 Å². The molecule has 12 rings (SSSR count). The maximum atomic E-state index is 3.67. The van der Waals surface area contributed by atoms with E-state index in [2.05, 4.69) is 302 Å². The topological polar surface area (TPSA) is 0 Å². The molecule has 4 heteroatoms. The van der Waals surface area contributed by atoms with Crippen LogP contribution in [0.5, 0.6) is 0 Å². The molecule has 0 aromatic heterocycles. The van der Waals surface area contributed by atoms with Gasteiger partial charge in [0.25, 0.3) is 0 Å². The summed E-state index contributed by atoms with van der Waals surface area (Å²) in [6.45, 7) is 27.2. The molecule has 452 valence electrons. The van der Waals surface area contributed by atoms with Crippen molar-refractivity contribution >= 4 is 6.41 Å². The second-order valence-corrected chi connectivity index (χ2v) is 30.6. The zero-order valence-electron chi connectivity index (χ0n) is 54.6. The third-order valence-electron chi connectivity index (χ3n) is 15.7. The van der Waals surface area contributed by atoms with E-state index in [0.717, 1.165) is 38.5 Å². The number of halogens is 2. The normalized spacial score (nSPS) is 12.6. The van der Waals surface area contributed by atoms with Gasteiger partial charge in [-0.2, -0.15) is 59.7 Å². The van der Waals surface area contributed by atoms with E-state index in [4.69, 9.17) is 0 Å². The first kappa shape index (κ1) is 73.5. The predicted octanol–water partition coefficient (Wildman–Crippen LogP) is 15.1. The number of aryl methyl sites for hydroxylation is 2. The fourth-order valence-electron chi connectivity index (χ4n) is 10.5. The molecule has 0 unspecified atom stereocenters. The van der Waals surface area contributed by atoms with Crippen molar-refractivity contribution in [2.75, 3.05) is 0 Å². The third kappa shape index (κ3) is 23.9. The van der Waals surface area contributed by atoms with E-state index in [0.29, 0.717) is 0 Å². The molecule has 0 amide bonds. The van der Waals surface area contributed by atoms with Gasteiger partial charge in [-0.1, -0.05) is 131 Å². The van der Waals surface area contributed by atoms with Crippen LogP contribution in [-0.2, 0) is 109 Å². The second kappa shape index (κ2) is 35.4. The van der Waals surface area contributed by atoms with Crippen LogP contribution in [0.25, 0.3) is 22.3 Å². The van der Waals surface area contributed by atoms with Gasteiger partial charge in [-0.05, 0) is 56.8 Å². The number of hydrogen-bond donors (Lipinski definition) is 0. The molecular weight excluding hydrogens is 1260 g/mol. The molecule has 0 aliphatic heterocycles. The van der Waals surface area contributed by atoms with Crippen molar-refractivity contribution in [3.63, 3.8) is 0 Å². The third-order valence-corrected chi connectivity index (χ3v) is 17.8. The molecule has 8 aromatic carbocycles. The average molecular weight is 1360 g/mol. The number of allylic oxidation sites excluding steroid dienone is 8. The molecule has 0 radical (unpaired) electrons. The summed E-state index contributed by atoms with van der Waals surface area (Å²) in [5, 5.41) is 0. The van der Waals surface area contributed by atoms with Crippen LogP contribution >= 0.6 is 0 Å². The molecule has 0 saturated carbocycles. The van der Waals surface area contributed by atoms with Gasteiger partial charge in [0, 0.05) is 0 Å². The first-order chi connectivity index (χ1) is 41.0. The fourth-order valence-corrected chi connectivity index (χ4v) is 12.1. The van der Waals surface area contributed by atoms with Crippen LogP contribution < -0.4 is 24.8 Å². The van der Waals surface area contributed by atoms with E-state index < -0.39 is 0 Å². The molecule has 0 bridgehead atoms. The Labute approximate surface area is 575 Å². The van der Waals surface area contributed by atoms with Crippen molar-refractivity contribution in [1.82, 2.24) is 0 Å². The Bertz CT molecular complexity index is 3190. The molecule has 0 fully saturated rings. The van der Waals surface area contributed by atoms with Crippen molar-refractivity contribution in [3.05, 3.63) is 309 Å². The second-order valence-electron chi connectivity index (χ2n) is 27.1.